The second kappa shape index (κ2) is 8.05. The highest BCUT2D eigenvalue weighted by Crippen LogP contribution is 2.24. The van der Waals surface area contributed by atoms with Gasteiger partial charge < -0.3 is 16.0 Å². The van der Waals surface area contributed by atoms with Crippen LogP contribution >= 0.6 is 11.6 Å². The van der Waals surface area contributed by atoms with E-state index in [2.05, 4.69) is 32.1 Å². The molecule has 4 aromatic rings. The van der Waals surface area contributed by atoms with Gasteiger partial charge in [0.15, 0.2) is 0 Å². The fraction of sp³-hybridized carbons (Fsp3) is 0.0455. The molecule has 0 bridgehead atoms. The van der Waals surface area contributed by atoms with Crippen molar-refractivity contribution in [3.05, 3.63) is 88.6 Å². The highest BCUT2D eigenvalue weighted by molar-refractivity contribution is 6.31. The summed E-state index contributed by atoms with van der Waals surface area (Å²) >= 11 is 6.11. The Morgan fingerprint density at radius 3 is 2.72 bits per heavy atom. The lowest BCUT2D eigenvalue weighted by molar-refractivity contribution is 0.0950. The third kappa shape index (κ3) is 4.21. The molecule has 2 heterocycles. The van der Waals surface area contributed by atoms with Gasteiger partial charge in [-0.05, 0) is 36.4 Å². The van der Waals surface area contributed by atoms with Crippen molar-refractivity contribution >= 4 is 34.1 Å². The molecule has 0 unspecified atom stereocenters. The van der Waals surface area contributed by atoms with E-state index < -0.39 is 0 Å². The van der Waals surface area contributed by atoms with Crippen molar-refractivity contribution in [2.45, 2.75) is 6.54 Å². The van der Waals surface area contributed by atoms with Crippen LogP contribution in [0.2, 0.25) is 5.02 Å². The van der Waals surface area contributed by atoms with E-state index in [-0.39, 0.29) is 5.91 Å². The second-order valence-corrected chi connectivity index (χ2v) is 6.77. The molecule has 6 nitrogen and oxygen atoms in total. The summed E-state index contributed by atoms with van der Waals surface area (Å²) in [6, 6.07) is 12.6. The van der Waals surface area contributed by atoms with Gasteiger partial charge in [-0.3, -0.25) is 4.79 Å². The zero-order valence-electron chi connectivity index (χ0n) is 15.2. The van der Waals surface area contributed by atoms with Crippen LogP contribution < -0.4 is 11.1 Å². The number of H-pyrrole nitrogens is 1. The van der Waals surface area contributed by atoms with Crippen molar-refractivity contribution in [3.63, 3.8) is 0 Å². The van der Waals surface area contributed by atoms with Gasteiger partial charge in [-0.25, -0.2) is 9.97 Å². The number of aromatic amines is 1. The average molecular weight is 402 g/mol. The minimum atomic E-state index is -0.170. The summed E-state index contributed by atoms with van der Waals surface area (Å²) in [6.45, 7) is 0.385. The number of aromatic nitrogens is 3. The molecule has 0 spiro atoms. The van der Waals surface area contributed by atoms with Crippen LogP contribution in [0.1, 0.15) is 27.2 Å². The molecule has 142 valence electrons. The zero-order valence-corrected chi connectivity index (χ0v) is 16.0. The lowest BCUT2D eigenvalue weighted by atomic mass is 10.1. The number of fused-ring (bicyclic) bond motifs is 1. The number of benzene rings is 2. The lowest BCUT2D eigenvalue weighted by Crippen LogP contribution is -2.22. The summed E-state index contributed by atoms with van der Waals surface area (Å²) in [5.74, 6) is 6.34. The first-order valence-electron chi connectivity index (χ1n) is 8.81. The highest BCUT2D eigenvalue weighted by Gasteiger charge is 2.07. The van der Waals surface area contributed by atoms with Gasteiger partial charge in [0.1, 0.15) is 5.82 Å². The van der Waals surface area contributed by atoms with Gasteiger partial charge in [-0.15, -0.1) is 0 Å². The molecule has 0 saturated carbocycles. The number of imidazole rings is 1. The Labute approximate surface area is 172 Å². The molecule has 4 rings (SSSR count). The third-order valence-corrected chi connectivity index (χ3v) is 4.59. The van der Waals surface area contributed by atoms with E-state index in [1.807, 2.05) is 12.1 Å². The largest absolute Gasteiger partial charge is 0.383 e. The van der Waals surface area contributed by atoms with Gasteiger partial charge >= 0.3 is 0 Å². The molecule has 4 N–H and O–H groups in total. The van der Waals surface area contributed by atoms with E-state index in [1.54, 1.807) is 49.1 Å². The molecule has 0 aliphatic heterocycles. The van der Waals surface area contributed by atoms with Gasteiger partial charge in [0.2, 0.25) is 0 Å². The lowest BCUT2D eigenvalue weighted by Gasteiger charge is -2.04. The Bertz CT molecular complexity index is 1230. The fourth-order valence-corrected chi connectivity index (χ4v) is 3.00. The Kier molecular flexibility index (Phi) is 5.14. The zero-order chi connectivity index (χ0) is 20.2. The van der Waals surface area contributed by atoms with E-state index in [9.17, 15) is 4.79 Å². The smallest absolute Gasteiger partial charge is 0.251 e. The molecule has 1 amide bonds. The highest BCUT2D eigenvalue weighted by atomic mass is 35.5. The molecule has 0 radical (unpaired) electrons. The van der Waals surface area contributed by atoms with Crippen LogP contribution in [-0.4, -0.2) is 20.9 Å². The van der Waals surface area contributed by atoms with Gasteiger partial charge in [-0.2, -0.15) is 0 Å². The van der Waals surface area contributed by atoms with Crippen LogP contribution in [0.3, 0.4) is 0 Å². The second-order valence-electron chi connectivity index (χ2n) is 6.34. The van der Waals surface area contributed by atoms with Crippen LogP contribution in [0.25, 0.3) is 10.8 Å². The van der Waals surface area contributed by atoms with Crippen molar-refractivity contribution in [1.82, 2.24) is 20.3 Å². The number of nitrogen functional groups attached to an aromatic ring is 1. The number of hydrogen-bond acceptors (Lipinski definition) is 4. The number of nitrogens with zero attached hydrogens (tertiary/aromatic N) is 2. The standard InChI is InChI=1S/C22H16ClN5O/c23-17-7-6-16-10-26-21(24)19(20(16)9-17)8-3-14-1-4-15(5-2-14)22(29)27-12-18-11-25-13-28-18/h1-2,4-7,9-11,13H,12H2,(H2,24,26)(H,25,28)(H,27,29). The number of rotatable bonds is 3. The van der Waals surface area contributed by atoms with Gasteiger partial charge in [0.05, 0.1) is 24.1 Å². The molecule has 29 heavy (non-hydrogen) atoms. The molecule has 7 heteroatoms. The van der Waals surface area contributed by atoms with E-state index in [4.69, 9.17) is 17.3 Å². The number of amides is 1. The summed E-state index contributed by atoms with van der Waals surface area (Å²) in [4.78, 5) is 23.3. The van der Waals surface area contributed by atoms with Gasteiger partial charge in [0, 0.05) is 39.3 Å². The molecule has 0 aliphatic rings. The Morgan fingerprint density at radius 2 is 1.97 bits per heavy atom. The molecular weight excluding hydrogens is 386 g/mol. The van der Waals surface area contributed by atoms with Crippen molar-refractivity contribution in [3.8, 4) is 11.8 Å². The van der Waals surface area contributed by atoms with Crippen molar-refractivity contribution in [2.75, 3.05) is 5.73 Å². The Hall–Kier alpha value is -3.82. The number of pyridine rings is 1. The topological polar surface area (TPSA) is 96.7 Å². The van der Waals surface area contributed by atoms with E-state index in [1.165, 1.54) is 0 Å². The summed E-state index contributed by atoms with van der Waals surface area (Å²) in [5.41, 5.74) is 8.80. The number of anilines is 1. The quantitative estimate of drug-likeness (QED) is 0.457. The predicted octanol–water partition coefficient (Wildman–Crippen LogP) is 3.52. The van der Waals surface area contributed by atoms with Crippen molar-refractivity contribution in [1.29, 1.82) is 0 Å². The third-order valence-electron chi connectivity index (χ3n) is 4.36. The van der Waals surface area contributed by atoms with E-state index >= 15 is 0 Å². The number of nitrogens with two attached hydrogens (primary N) is 1. The summed E-state index contributed by atoms with van der Waals surface area (Å²) < 4.78 is 0. The number of hydrogen-bond donors (Lipinski definition) is 3. The Morgan fingerprint density at radius 1 is 1.14 bits per heavy atom. The monoisotopic (exact) mass is 401 g/mol. The first kappa shape index (κ1) is 18.5. The number of carbonyl (C=O) groups excluding carboxylic acids is 1. The first-order chi connectivity index (χ1) is 14.1. The molecule has 2 aromatic carbocycles. The molecule has 0 saturated heterocycles. The number of halogens is 1. The Balaban J connectivity index is 1.54. The van der Waals surface area contributed by atoms with Crippen LogP contribution in [0.5, 0.6) is 0 Å². The molecular formula is C22H16ClN5O. The molecule has 0 fully saturated rings. The van der Waals surface area contributed by atoms with Crippen molar-refractivity contribution < 1.29 is 4.79 Å². The fourth-order valence-electron chi connectivity index (χ4n) is 2.83. The maximum Gasteiger partial charge on any atom is 0.251 e. The summed E-state index contributed by atoms with van der Waals surface area (Å²) in [5, 5.41) is 5.20. The SMILES string of the molecule is Nc1ncc2ccc(Cl)cc2c1C#Cc1ccc(C(=O)NCc2cnc[nH]2)cc1. The van der Waals surface area contributed by atoms with Gasteiger partial charge in [0.25, 0.3) is 5.91 Å². The normalized spacial score (nSPS) is 10.4. The maximum atomic E-state index is 12.2. The van der Waals surface area contributed by atoms with E-state index in [0.29, 0.717) is 28.5 Å². The summed E-state index contributed by atoms with van der Waals surface area (Å²) in [7, 11) is 0. The number of carbonyl (C=O) groups is 1. The molecule has 2 aromatic heterocycles. The minimum absolute atomic E-state index is 0.170. The summed E-state index contributed by atoms with van der Waals surface area (Å²) in [6.07, 6.45) is 4.93. The van der Waals surface area contributed by atoms with Crippen LogP contribution in [0.4, 0.5) is 5.82 Å². The van der Waals surface area contributed by atoms with Crippen LogP contribution in [-0.2, 0) is 6.54 Å². The first-order valence-corrected chi connectivity index (χ1v) is 9.19. The maximum absolute atomic E-state index is 12.2. The van der Waals surface area contributed by atoms with E-state index in [0.717, 1.165) is 22.0 Å². The minimum Gasteiger partial charge on any atom is -0.383 e. The van der Waals surface area contributed by atoms with Crippen LogP contribution in [0, 0.1) is 11.8 Å². The molecule has 0 atom stereocenters. The molecule has 0 aliphatic carbocycles. The number of nitrogens with one attached hydrogen (secondary N) is 2. The van der Waals surface area contributed by atoms with Crippen LogP contribution in [0.15, 0.2) is 61.2 Å². The predicted molar refractivity (Wildman–Crippen MR) is 113 cm³/mol. The average Bonchev–Trinajstić information content (AvgIpc) is 3.25. The van der Waals surface area contributed by atoms with Gasteiger partial charge in [-0.1, -0.05) is 29.5 Å². The van der Waals surface area contributed by atoms with Crippen molar-refractivity contribution in [2.24, 2.45) is 0 Å².